The first-order valence-electron chi connectivity index (χ1n) is 4.78. The third-order valence-electron chi connectivity index (χ3n) is 1.91. The van der Waals surface area contributed by atoms with E-state index in [0.29, 0.717) is 11.6 Å². The number of aromatic nitrogens is 2. The summed E-state index contributed by atoms with van der Waals surface area (Å²) in [6, 6.07) is 0.859. The van der Waals surface area contributed by atoms with Gasteiger partial charge in [-0.15, -0.1) is 12.3 Å². The molecule has 84 valence electrons. The van der Waals surface area contributed by atoms with Crippen molar-refractivity contribution in [1.82, 2.24) is 9.97 Å². The van der Waals surface area contributed by atoms with Crippen molar-refractivity contribution in [3.05, 3.63) is 17.6 Å². The maximum Gasteiger partial charge on any atom is 0.327 e. The molecule has 0 fully saturated rings. The lowest BCUT2D eigenvalue weighted by Crippen LogP contribution is -2.29. The fourth-order valence-corrected chi connectivity index (χ4v) is 1.29. The van der Waals surface area contributed by atoms with Gasteiger partial charge in [0.05, 0.1) is 0 Å². The van der Waals surface area contributed by atoms with E-state index in [1.807, 2.05) is 6.92 Å². The second-order valence-corrected chi connectivity index (χ2v) is 3.39. The van der Waals surface area contributed by atoms with Crippen molar-refractivity contribution in [3.63, 3.8) is 0 Å². The summed E-state index contributed by atoms with van der Waals surface area (Å²) < 4.78 is 0. The highest BCUT2D eigenvalue weighted by molar-refractivity contribution is 5.77. The summed E-state index contributed by atoms with van der Waals surface area (Å²) in [5, 5.41) is 11.7. The zero-order chi connectivity index (χ0) is 12.1. The lowest BCUT2D eigenvalue weighted by atomic mass is 10.2. The quantitative estimate of drug-likeness (QED) is 0.738. The molecule has 0 saturated carbocycles. The normalized spacial score (nSPS) is 11.6. The van der Waals surface area contributed by atoms with Crippen LogP contribution in [0.5, 0.6) is 0 Å². The summed E-state index contributed by atoms with van der Waals surface area (Å²) in [4.78, 5) is 19.0. The standard InChI is InChI=1S/C11H13N3O2/c1-4-5-9(11(15)16)14-10-6-7(2)12-8(3)13-10/h1,6,9H,5H2,2-3H3,(H,15,16)(H,12,13,14). The summed E-state index contributed by atoms with van der Waals surface area (Å²) in [7, 11) is 0. The molecule has 0 radical (unpaired) electrons. The number of carbonyl (C=O) groups is 1. The molecule has 0 aliphatic rings. The van der Waals surface area contributed by atoms with Gasteiger partial charge in [0.25, 0.3) is 0 Å². The van der Waals surface area contributed by atoms with Crippen LogP contribution in [-0.4, -0.2) is 27.1 Å². The van der Waals surface area contributed by atoms with Gasteiger partial charge in [-0.05, 0) is 13.8 Å². The van der Waals surface area contributed by atoms with Gasteiger partial charge in [0, 0.05) is 18.2 Å². The van der Waals surface area contributed by atoms with E-state index < -0.39 is 12.0 Å². The Hall–Kier alpha value is -2.09. The largest absolute Gasteiger partial charge is 0.480 e. The zero-order valence-electron chi connectivity index (χ0n) is 9.19. The van der Waals surface area contributed by atoms with Gasteiger partial charge in [0.2, 0.25) is 0 Å². The van der Waals surface area contributed by atoms with Crippen molar-refractivity contribution in [2.45, 2.75) is 26.3 Å². The van der Waals surface area contributed by atoms with E-state index in [2.05, 4.69) is 21.2 Å². The Bertz CT molecular complexity index is 417. The van der Waals surface area contributed by atoms with Gasteiger partial charge in [0.1, 0.15) is 17.7 Å². The molecule has 1 heterocycles. The minimum atomic E-state index is -0.994. The molecule has 0 aromatic carbocycles. The maximum absolute atomic E-state index is 10.9. The molecule has 0 saturated heterocycles. The lowest BCUT2D eigenvalue weighted by Gasteiger charge is -2.12. The average molecular weight is 219 g/mol. The molecule has 0 aliphatic carbocycles. The summed E-state index contributed by atoms with van der Waals surface area (Å²) in [6.45, 7) is 3.56. The lowest BCUT2D eigenvalue weighted by molar-refractivity contribution is -0.137. The van der Waals surface area contributed by atoms with Gasteiger partial charge < -0.3 is 10.4 Å². The van der Waals surface area contributed by atoms with E-state index in [1.165, 1.54) is 0 Å². The van der Waals surface area contributed by atoms with E-state index in [1.54, 1.807) is 13.0 Å². The number of nitrogens with zero attached hydrogens (tertiary/aromatic N) is 2. The van der Waals surface area contributed by atoms with Crippen molar-refractivity contribution < 1.29 is 9.90 Å². The van der Waals surface area contributed by atoms with Crippen molar-refractivity contribution >= 4 is 11.8 Å². The van der Waals surface area contributed by atoms with Gasteiger partial charge in [-0.3, -0.25) is 0 Å². The van der Waals surface area contributed by atoms with Gasteiger partial charge in [-0.2, -0.15) is 0 Å². The van der Waals surface area contributed by atoms with E-state index in [0.717, 1.165) is 5.69 Å². The van der Waals surface area contributed by atoms with Crippen LogP contribution in [0.4, 0.5) is 5.82 Å². The minimum Gasteiger partial charge on any atom is -0.480 e. The molecule has 1 rings (SSSR count). The number of nitrogens with one attached hydrogen (secondary N) is 1. The topological polar surface area (TPSA) is 75.1 Å². The number of terminal acetylenes is 1. The highest BCUT2D eigenvalue weighted by Crippen LogP contribution is 2.08. The van der Waals surface area contributed by atoms with Crippen molar-refractivity contribution in [3.8, 4) is 12.3 Å². The Morgan fingerprint density at radius 2 is 2.31 bits per heavy atom. The molecule has 2 N–H and O–H groups in total. The molecule has 1 aromatic heterocycles. The summed E-state index contributed by atoms with van der Waals surface area (Å²) in [5.41, 5.74) is 0.778. The van der Waals surface area contributed by atoms with Crippen molar-refractivity contribution in [2.24, 2.45) is 0 Å². The van der Waals surface area contributed by atoms with Gasteiger partial charge >= 0.3 is 5.97 Å². The monoisotopic (exact) mass is 219 g/mol. The Balaban J connectivity index is 2.85. The number of anilines is 1. The molecule has 5 nitrogen and oxygen atoms in total. The zero-order valence-corrected chi connectivity index (χ0v) is 9.19. The fraction of sp³-hybridized carbons (Fsp3) is 0.364. The number of carboxylic acids is 1. The first-order valence-corrected chi connectivity index (χ1v) is 4.78. The third-order valence-corrected chi connectivity index (χ3v) is 1.91. The van der Waals surface area contributed by atoms with Crippen LogP contribution in [0.15, 0.2) is 6.07 Å². The summed E-state index contributed by atoms with van der Waals surface area (Å²) >= 11 is 0. The number of rotatable bonds is 4. The van der Waals surface area contributed by atoms with Crippen LogP contribution in [0.1, 0.15) is 17.9 Å². The van der Waals surface area contributed by atoms with Crippen LogP contribution >= 0.6 is 0 Å². The molecule has 16 heavy (non-hydrogen) atoms. The Morgan fingerprint density at radius 1 is 1.62 bits per heavy atom. The molecule has 1 unspecified atom stereocenters. The molecule has 0 aliphatic heterocycles. The first kappa shape index (κ1) is 12.0. The van der Waals surface area contributed by atoms with Crippen LogP contribution in [-0.2, 0) is 4.79 Å². The van der Waals surface area contributed by atoms with Gasteiger partial charge in [-0.1, -0.05) is 0 Å². The SMILES string of the molecule is C#CCC(Nc1cc(C)nc(C)n1)C(=O)O. The van der Waals surface area contributed by atoms with E-state index >= 15 is 0 Å². The minimum absolute atomic E-state index is 0.109. The number of hydrogen-bond acceptors (Lipinski definition) is 4. The second-order valence-electron chi connectivity index (χ2n) is 3.39. The van der Waals surface area contributed by atoms with Gasteiger partial charge in [-0.25, -0.2) is 14.8 Å². The molecule has 1 aromatic rings. The fourth-order valence-electron chi connectivity index (χ4n) is 1.29. The van der Waals surface area contributed by atoms with Crippen LogP contribution in [0, 0.1) is 26.2 Å². The molecule has 1 atom stereocenters. The highest BCUT2D eigenvalue weighted by atomic mass is 16.4. The third kappa shape index (κ3) is 3.24. The number of aliphatic carboxylic acids is 1. The highest BCUT2D eigenvalue weighted by Gasteiger charge is 2.16. The van der Waals surface area contributed by atoms with Crippen molar-refractivity contribution in [1.29, 1.82) is 0 Å². The maximum atomic E-state index is 10.9. The molecular weight excluding hydrogens is 206 g/mol. The predicted molar refractivity (Wildman–Crippen MR) is 60.0 cm³/mol. The smallest absolute Gasteiger partial charge is 0.327 e. The van der Waals surface area contributed by atoms with E-state index in [4.69, 9.17) is 11.5 Å². The van der Waals surface area contributed by atoms with Gasteiger partial charge in [0.15, 0.2) is 0 Å². The molecule has 0 spiro atoms. The summed E-state index contributed by atoms with van der Waals surface area (Å²) in [6.07, 6.45) is 5.20. The predicted octanol–water partition coefficient (Wildman–Crippen LogP) is 0.982. The van der Waals surface area contributed by atoms with Crippen molar-refractivity contribution in [2.75, 3.05) is 5.32 Å². The second kappa shape index (κ2) is 5.12. The van der Waals surface area contributed by atoms with Crippen LogP contribution in [0.25, 0.3) is 0 Å². The van der Waals surface area contributed by atoms with Crippen LogP contribution in [0.2, 0.25) is 0 Å². The Morgan fingerprint density at radius 3 is 2.81 bits per heavy atom. The summed E-state index contributed by atoms with van der Waals surface area (Å²) in [5.74, 6) is 2.39. The first-order chi connectivity index (χ1) is 7.52. The molecule has 0 bridgehead atoms. The average Bonchev–Trinajstić information content (AvgIpc) is 2.15. The Labute approximate surface area is 93.9 Å². The Kier molecular flexibility index (Phi) is 3.84. The molecule has 0 amide bonds. The van der Waals surface area contributed by atoms with Crippen LogP contribution in [0.3, 0.4) is 0 Å². The van der Waals surface area contributed by atoms with E-state index in [9.17, 15) is 4.79 Å². The number of hydrogen-bond donors (Lipinski definition) is 2. The number of aryl methyl sites for hydroxylation is 2. The molecular formula is C11H13N3O2. The number of carboxylic acid groups (broad SMARTS) is 1. The molecule has 5 heteroatoms. The van der Waals surface area contributed by atoms with Crippen LogP contribution < -0.4 is 5.32 Å². The van der Waals surface area contributed by atoms with E-state index in [-0.39, 0.29) is 6.42 Å².